The van der Waals surface area contributed by atoms with E-state index in [0.29, 0.717) is 0 Å². The molecule has 0 bridgehead atoms. The van der Waals surface area contributed by atoms with Gasteiger partial charge in [-0.05, 0) is 32.4 Å². The van der Waals surface area contributed by atoms with Crippen LogP contribution in [0.4, 0.5) is 0 Å². The first-order valence-corrected chi connectivity index (χ1v) is 7.81. The average Bonchev–Trinajstić information content (AvgIpc) is 3.24. The maximum Gasteiger partial charge on any atom is 0.0113 e. The smallest absolute Gasteiger partial charge is 0.0113 e. The lowest BCUT2D eigenvalue weighted by molar-refractivity contribution is 0.114. The van der Waals surface area contributed by atoms with Crippen LogP contribution in [0.25, 0.3) is 0 Å². The molecule has 3 fully saturated rings. The van der Waals surface area contributed by atoms with E-state index in [1.54, 1.807) is 0 Å². The number of rotatable bonds is 4. The zero-order valence-corrected chi connectivity index (χ0v) is 11.6. The Morgan fingerprint density at radius 3 is 2.22 bits per heavy atom. The molecular weight excluding hydrogens is 224 g/mol. The summed E-state index contributed by atoms with van der Waals surface area (Å²) in [5.41, 5.74) is 0. The van der Waals surface area contributed by atoms with Crippen molar-refractivity contribution in [2.45, 2.75) is 25.3 Å². The molecule has 2 aliphatic heterocycles. The molecule has 18 heavy (non-hydrogen) atoms. The minimum atomic E-state index is 0.962. The van der Waals surface area contributed by atoms with Gasteiger partial charge in [-0.2, -0.15) is 0 Å². The van der Waals surface area contributed by atoms with Crippen molar-refractivity contribution in [3.8, 4) is 0 Å². The van der Waals surface area contributed by atoms with Crippen LogP contribution in [0.15, 0.2) is 0 Å². The van der Waals surface area contributed by atoms with Gasteiger partial charge in [-0.15, -0.1) is 0 Å². The number of nitrogens with zero attached hydrogens (tertiary/aromatic N) is 3. The quantitative estimate of drug-likeness (QED) is 0.764. The summed E-state index contributed by atoms with van der Waals surface area (Å²) < 4.78 is 0. The molecule has 0 aromatic heterocycles. The second-order valence-corrected chi connectivity index (χ2v) is 6.05. The van der Waals surface area contributed by atoms with Crippen molar-refractivity contribution in [3.63, 3.8) is 0 Å². The second-order valence-electron chi connectivity index (χ2n) is 6.05. The summed E-state index contributed by atoms with van der Waals surface area (Å²) >= 11 is 0. The Labute approximate surface area is 111 Å². The van der Waals surface area contributed by atoms with E-state index in [1.165, 1.54) is 84.7 Å². The predicted octanol–water partition coefficient (Wildman–Crippen LogP) is 0.0617. The van der Waals surface area contributed by atoms with Crippen molar-refractivity contribution in [2.24, 2.45) is 0 Å². The molecule has 0 atom stereocenters. The first-order chi connectivity index (χ1) is 8.92. The largest absolute Gasteiger partial charge is 0.315 e. The first-order valence-electron chi connectivity index (χ1n) is 7.81. The van der Waals surface area contributed by atoms with E-state index in [-0.39, 0.29) is 0 Å². The van der Waals surface area contributed by atoms with Crippen molar-refractivity contribution < 1.29 is 0 Å². The highest BCUT2D eigenvalue weighted by Gasteiger charge is 2.31. The SMILES string of the molecule is C1CNCCN(CCN2CCN(C3CC3)CC2)C1. The van der Waals surface area contributed by atoms with Crippen LogP contribution in [0.3, 0.4) is 0 Å². The lowest BCUT2D eigenvalue weighted by atomic mass is 10.3. The molecule has 0 aromatic carbocycles. The molecule has 1 aliphatic carbocycles. The van der Waals surface area contributed by atoms with E-state index in [0.717, 1.165) is 6.04 Å². The summed E-state index contributed by atoms with van der Waals surface area (Å²) in [6.45, 7) is 12.7. The lowest BCUT2D eigenvalue weighted by Crippen LogP contribution is -2.49. The van der Waals surface area contributed by atoms with Crippen molar-refractivity contribution in [2.75, 3.05) is 65.4 Å². The highest BCUT2D eigenvalue weighted by Crippen LogP contribution is 2.27. The van der Waals surface area contributed by atoms with Gasteiger partial charge in [0.25, 0.3) is 0 Å². The Balaban J connectivity index is 1.33. The molecule has 0 unspecified atom stereocenters. The van der Waals surface area contributed by atoms with Gasteiger partial charge in [0.05, 0.1) is 0 Å². The lowest BCUT2D eigenvalue weighted by Gasteiger charge is -2.35. The van der Waals surface area contributed by atoms with Crippen LogP contribution < -0.4 is 5.32 Å². The number of nitrogens with one attached hydrogen (secondary N) is 1. The van der Waals surface area contributed by atoms with Crippen molar-refractivity contribution in [1.82, 2.24) is 20.0 Å². The summed E-state index contributed by atoms with van der Waals surface area (Å²) in [6, 6.07) is 0.962. The van der Waals surface area contributed by atoms with Crippen LogP contribution in [0.5, 0.6) is 0 Å². The van der Waals surface area contributed by atoms with Crippen LogP contribution in [0.2, 0.25) is 0 Å². The zero-order valence-electron chi connectivity index (χ0n) is 11.6. The van der Waals surface area contributed by atoms with Gasteiger partial charge < -0.3 is 10.2 Å². The Bertz CT molecular complexity index is 238. The normalized spacial score (nSPS) is 29.3. The van der Waals surface area contributed by atoms with Gasteiger partial charge in [0.15, 0.2) is 0 Å². The Morgan fingerprint density at radius 1 is 0.778 bits per heavy atom. The summed E-state index contributed by atoms with van der Waals surface area (Å²) in [5, 5.41) is 3.48. The predicted molar refractivity (Wildman–Crippen MR) is 75.0 cm³/mol. The number of piperazine rings is 1. The third-order valence-corrected chi connectivity index (χ3v) is 4.64. The fourth-order valence-corrected chi connectivity index (χ4v) is 3.20. The topological polar surface area (TPSA) is 21.8 Å². The average molecular weight is 252 g/mol. The summed E-state index contributed by atoms with van der Waals surface area (Å²) in [4.78, 5) is 8.00. The highest BCUT2D eigenvalue weighted by molar-refractivity contribution is 4.87. The fraction of sp³-hybridized carbons (Fsp3) is 1.00. The number of hydrogen-bond acceptors (Lipinski definition) is 4. The Kier molecular flexibility index (Phi) is 4.52. The van der Waals surface area contributed by atoms with Crippen LogP contribution >= 0.6 is 0 Å². The molecule has 1 saturated carbocycles. The fourth-order valence-electron chi connectivity index (χ4n) is 3.20. The van der Waals surface area contributed by atoms with Crippen LogP contribution in [0, 0.1) is 0 Å². The monoisotopic (exact) mass is 252 g/mol. The second kappa shape index (κ2) is 6.33. The van der Waals surface area contributed by atoms with E-state index < -0.39 is 0 Å². The first kappa shape index (κ1) is 12.9. The molecule has 3 aliphatic rings. The highest BCUT2D eigenvalue weighted by atomic mass is 15.3. The van der Waals surface area contributed by atoms with Gasteiger partial charge in [0.1, 0.15) is 0 Å². The van der Waals surface area contributed by atoms with E-state index >= 15 is 0 Å². The minimum Gasteiger partial charge on any atom is -0.315 e. The maximum absolute atomic E-state index is 3.48. The molecule has 2 heterocycles. The van der Waals surface area contributed by atoms with E-state index in [4.69, 9.17) is 0 Å². The van der Waals surface area contributed by atoms with E-state index in [2.05, 4.69) is 20.0 Å². The van der Waals surface area contributed by atoms with Crippen LogP contribution in [-0.2, 0) is 0 Å². The molecule has 0 radical (unpaired) electrons. The van der Waals surface area contributed by atoms with E-state index in [9.17, 15) is 0 Å². The van der Waals surface area contributed by atoms with Gasteiger partial charge in [0.2, 0.25) is 0 Å². The van der Waals surface area contributed by atoms with E-state index in [1.807, 2.05) is 0 Å². The molecule has 3 rings (SSSR count). The summed E-state index contributed by atoms with van der Waals surface area (Å²) in [6.07, 6.45) is 4.23. The molecule has 1 N–H and O–H groups in total. The Hall–Kier alpha value is -0.160. The summed E-state index contributed by atoms with van der Waals surface area (Å²) in [5.74, 6) is 0. The molecule has 0 spiro atoms. The Morgan fingerprint density at radius 2 is 1.50 bits per heavy atom. The molecule has 0 amide bonds. The molecular formula is C14H28N4. The van der Waals surface area contributed by atoms with Crippen molar-refractivity contribution in [1.29, 1.82) is 0 Å². The third kappa shape index (κ3) is 3.67. The molecule has 2 saturated heterocycles. The standard InChI is InChI=1S/C14H28N4/c1-4-15-5-7-16(6-1)8-9-17-10-12-18(13-11-17)14-2-3-14/h14-15H,1-13H2. The molecule has 4 nitrogen and oxygen atoms in total. The van der Waals surface area contributed by atoms with Gasteiger partial charge >= 0.3 is 0 Å². The summed E-state index contributed by atoms with van der Waals surface area (Å²) in [7, 11) is 0. The maximum atomic E-state index is 3.48. The van der Waals surface area contributed by atoms with Crippen LogP contribution in [0.1, 0.15) is 19.3 Å². The van der Waals surface area contributed by atoms with Gasteiger partial charge in [0, 0.05) is 58.4 Å². The third-order valence-electron chi connectivity index (χ3n) is 4.64. The van der Waals surface area contributed by atoms with Gasteiger partial charge in [-0.3, -0.25) is 9.80 Å². The van der Waals surface area contributed by atoms with Crippen molar-refractivity contribution >= 4 is 0 Å². The number of hydrogen-bond donors (Lipinski definition) is 1. The zero-order chi connectivity index (χ0) is 12.2. The van der Waals surface area contributed by atoms with Crippen molar-refractivity contribution in [3.05, 3.63) is 0 Å². The van der Waals surface area contributed by atoms with Gasteiger partial charge in [-0.1, -0.05) is 0 Å². The molecule has 0 aromatic rings. The van der Waals surface area contributed by atoms with Gasteiger partial charge in [-0.25, -0.2) is 0 Å². The molecule has 4 heteroatoms. The minimum absolute atomic E-state index is 0.962. The molecule has 104 valence electrons. The van der Waals surface area contributed by atoms with Crippen LogP contribution in [-0.4, -0.2) is 86.2 Å².